The Morgan fingerprint density at radius 3 is 2.44 bits per heavy atom. The molecule has 1 aliphatic heterocycles. The van der Waals surface area contributed by atoms with Crippen LogP contribution in [-0.2, 0) is 40.0 Å². The maximum Gasteiger partial charge on any atom is 0.271 e. The molecule has 4 atom stereocenters. The Morgan fingerprint density at radius 2 is 1.78 bits per heavy atom. The molecule has 0 aliphatic carbocycles. The number of amides is 7. The van der Waals surface area contributed by atoms with Crippen LogP contribution in [0.1, 0.15) is 68.1 Å². The molecule has 55 heavy (non-hydrogen) atoms. The Hall–Kier alpha value is -6.11. The van der Waals surface area contributed by atoms with Crippen LogP contribution in [0.4, 0.5) is 0 Å². The number of H-pyrrole nitrogens is 1. The third-order valence-electron chi connectivity index (χ3n) is 9.04. The highest BCUT2D eigenvalue weighted by molar-refractivity contribution is 7.09. The van der Waals surface area contributed by atoms with Crippen molar-refractivity contribution >= 4 is 69.4 Å². The van der Waals surface area contributed by atoms with Gasteiger partial charge in [-0.3, -0.25) is 38.4 Å². The monoisotopic (exact) mass is 779 g/mol. The van der Waals surface area contributed by atoms with Gasteiger partial charge in [-0.2, -0.15) is 0 Å². The SMILES string of the molecule is C/C=C1\NC(=O)[C@H](CC)NC(=O)CNC(=O)[C@](C)(C(C)=O)NC(=O)[C@H](Cc2c[nH]c3c(OC)cccc23)NC(=O)c2csc(n2)[C@H](C)NC(=O)CN(C)C1=O. The maximum atomic E-state index is 14.0. The van der Waals surface area contributed by atoms with Gasteiger partial charge >= 0.3 is 0 Å². The van der Waals surface area contributed by atoms with Crippen molar-refractivity contribution in [2.75, 3.05) is 27.2 Å². The van der Waals surface area contributed by atoms with Gasteiger partial charge in [-0.1, -0.05) is 25.1 Å². The molecule has 294 valence electrons. The lowest BCUT2D eigenvalue weighted by atomic mass is 9.94. The third kappa shape index (κ3) is 9.71. The Kier molecular flexibility index (Phi) is 13.5. The maximum absolute atomic E-state index is 14.0. The van der Waals surface area contributed by atoms with Crippen molar-refractivity contribution in [1.82, 2.24) is 46.8 Å². The minimum atomic E-state index is -2.20. The summed E-state index contributed by atoms with van der Waals surface area (Å²) in [6.45, 7) is 5.93. The molecule has 0 unspecified atom stereocenters. The summed E-state index contributed by atoms with van der Waals surface area (Å²) in [6.07, 6.45) is 2.99. The zero-order chi connectivity index (χ0) is 40.6. The molecule has 0 radical (unpaired) electrons. The van der Waals surface area contributed by atoms with Gasteiger partial charge in [0.25, 0.3) is 17.7 Å². The number of para-hydroxylation sites is 1. The molecule has 7 amide bonds. The van der Waals surface area contributed by atoms with E-state index in [-0.39, 0.29) is 24.2 Å². The van der Waals surface area contributed by atoms with Crippen molar-refractivity contribution in [3.8, 4) is 5.75 Å². The Balaban J connectivity index is 1.71. The van der Waals surface area contributed by atoms with E-state index >= 15 is 0 Å². The first-order chi connectivity index (χ1) is 26.0. The van der Waals surface area contributed by atoms with Crippen molar-refractivity contribution in [3.63, 3.8) is 0 Å². The highest BCUT2D eigenvalue weighted by Gasteiger charge is 2.42. The number of allylic oxidation sites excluding steroid dienone is 1. The van der Waals surface area contributed by atoms with E-state index in [2.05, 4.69) is 41.9 Å². The number of hydrogen-bond acceptors (Lipinski definition) is 11. The second kappa shape index (κ2) is 17.8. The lowest BCUT2D eigenvalue weighted by Gasteiger charge is -2.29. The third-order valence-corrected chi connectivity index (χ3v) is 10.1. The second-order valence-corrected chi connectivity index (χ2v) is 13.9. The van der Waals surface area contributed by atoms with Gasteiger partial charge in [-0.05, 0) is 45.7 Å². The van der Waals surface area contributed by atoms with Crippen molar-refractivity contribution in [2.45, 2.75) is 71.1 Å². The molecule has 1 aromatic carbocycles. The zero-order valence-corrected chi connectivity index (χ0v) is 32.3. The number of carbonyl (C=O) groups is 8. The summed E-state index contributed by atoms with van der Waals surface area (Å²) in [6, 6.07) is 2.11. The normalized spacial score (nSPS) is 23.5. The average molecular weight is 780 g/mol. The van der Waals surface area contributed by atoms with Gasteiger partial charge in [-0.25, -0.2) is 4.98 Å². The number of methoxy groups -OCH3 is 1. The first-order valence-corrected chi connectivity index (χ1v) is 18.2. The van der Waals surface area contributed by atoms with Crippen LogP contribution < -0.4 is 36.6 Å². The number of likely N-dealkylation sites (N-methyl/N-ethyl adjacent to an activating group) is 1. The van der Waals surface area contributed by atoms with E-state index in [0.29, 0.717) is 27.2 Å². The predicted molar refractivity (Wildman–Crippen MR) is 200 cm³/mol. The summed E-state index contributed by atoms with van der Waals surface area (Å²) in [5.74, 6) is -5.68. The number of hydrogen-bond donors (Lipinski definition) is 7. The fourth-order valence-electron chi connectivity index (χ4n) is 5.66. The zero-order valence-electron chi connectivity index (χ0n) is 31.5. The van der Waals surface area contributed by atoms with Crippen LogP contribution in [0.15, 0.2) is 41.5 Å². The van der Waals surface area contributed by atoms with Gasteiger partial charge in [-0.15, -0.1) is 11.3 Å². The minimum Gasteiger partial charge on any atom is -0.495 e. The number of thiazole rings is 1. The molecule has 3 heterocycles. The van der Waals surface area contributed by atoms with Crippen LogP contribution in [0, 0.1) is 0 Å². The Morgan fingerprint density at radius 1 is 1.05 bits per heavy atom. The first kappa shape index (κ1) is 41.6. The van der Waals surface area contributed by atoms with Gasteiger partial charge < -0.3 is 46.5 Å². The summed E-state index contributed by atoms with van der Waals surface area (Å²) < 4.78 is 5.44. The van der Waals surface area contributed by atoms with Crippen molar-refractivity contribution in [2.24, 2.45) is 0 Å². The number of fused-ring (bicyclic) bond motifs is 3. The fraction of sp³-hybridized carbons (Fsp3) is 0.417. The lowest BCUT2D eigenvalue weighted by Crippen LogP contribution is -2.65. The molecule has 0 fully saturated rings. The first-order valence-electron chi connectivity index (χ1n) is 17.3. The van der Waals surface area contributed by atoms with Crippen LogP contribution in [0.25, 0.3) is 10.9 Å². The van der Waals surface area contributed by atoms with Crippen LogP contribution >= 0.6 is 11.3 Å². The molecule has 2 bridgehead atoms. The number of nitrogens with zero attached hydrogens (tertiary/aromatic N) is 2. The number of aromatic amines is 1. The highest BCUT2D eigenvalue weighted by Crippen LogP contribution is 2.28. The van der Waals surface area contributed by atoms with E-state index in [0.717, 1.165) is 30.1 Å². The molecule has 7 N–H and O–H groups in total. The van der Waals surface area contributed by atoms with Crippen LogP contribution in [-0.4, -0.2) is 107 Å². The predicted octanol–water partition coefficient (Wildman–Crippen LogP) is 0.118. The average Bonchev–Trinajstić information content (AvgIpc) is 3.82. The molecular weight excluding hydrogens is 735 g/mol. The minimum absolute atomic E-state index is 0.0711. The molecule has 3 aromatic rings. The number of ketones is 1. The van der Waals surface area contributed by atoms with Crippen molar-refractivity contribution in [1.29, 1.82) is 0 Å². The van der Waals surface area contributed by atoms with E-state index in [1.165, 1.54) is 32.5 Å². The smallest absolute Gasteiger partial charge is 0.271 e. The second-order valence-electron chi connectivity index (χ2n) is 13.0. The summed E-state index contributed by atoms with van der Waals surface area (Å²) in [5.41, 5.74) is -1.17. The molecule has 18 nitrogen and oxygen atoms in total. The lowest BCUT2D eigenvalue weighted by molar-refractivity contribution is -0.141. The van der Waals surface area contributed by atoms with Gasteiger partial charge in [0.15, 0.2) is 11.3 Å². The number of ether oxygens (including phenoxy) is 1. The summed E-state index contributed by atoms with van der Waals surface area (Å²) >= 11 is 1.08. The van der Waals surface area contributed by atoms with Gasteiger partial charge in [0.05, 0.1) is 31.8 Å². The van der Waals surface area contributed by atoms with E-state index in [9.17, 15) is 38.4 Å². The molecule has 0 spiro atoms. The standard InChI is InChI=1S/C36H45N9O9S/c1-8-22-30(49)41-23(9-2)34(52)45(6)16-28(48)39-18(3)33-43-25(17-55-33)31(50)42-24(13-20-14-37-29-21(20)11-10-12-26(29)54-7)32(51)44-36(5,19(4)46)35(53)38-15-27(47)40-22/h9-12,14,17-18,22,24,37H,8,13,15-16H2,1-7H3,(H,38,53)(H,39,48)(H,40,47)(H,41,49)(H,42,50)(H,44,51)/b23-9-/t18-,22-,24-,36-/m0/s1. The number of aromatic nitrogens is 2. The Bertz CT molecular complexity index is 2040. The molecule has 19 heteroatoms. The molecule has 4 rings (SSSR count). The van der Waals surface area contributed by atoms with E-state index in [1.54, 1.807) is 38.2 Å². The van der Waals surface area contributed by atoms with Gasteiger partial charge in [0.1, 0.15) is 34.2 Å². The van der Waals surface area contributed by atoms with E-state index in [1.807, 2.05) is 0 Å². The number of nitrogens with one attached hydrogen (secondary N) is 7. The summed E-state index contributed by atoms with van der Waals surface area (Å²) in [7, 11) is 2.88. The topological polar surface area (TPSA) is 250 Å². The van der Waals surface area contributed by atoms with Crippen LogP contribution in [0.2, 0.25) is 0 Å². The molecule has 1 aliphatic rings. The molecule has 2 aromatic heterocycles. The highest BCUT2D eigenvalue weighted by atomic mass is 32.1. The largest absolute Gasteiger partial charge is 0.495 e. The summed E-state index contributed by atoms with van der Waals surface area (Å²) in [4.78, 5) is 115. The number of carbonyl (C=O) groups excluding carboxylic acids is 8. The molecular formula is C36H45N9O9S. The van der Waals surface area contributed by atoms with E-state index in [4.69, 9.17) is 4.74 Å². The van der Waals surface area contributed by atoms with Crippen molar-refractivity contribution < 1.29 is 43.1 Å². The number of Topliss-reactive ketones (excluding diaryl/α,β-unsaturated/α-hetero) is 1. The number of benzene rings is 1. The fourth-order valence-corrected chi connectivity index (χ4v) is 6.47. The summed E-state index contributed by atoms with van der Waals surface area (Å²) in [5, 5.41) is 17.6. The van der Waals surface area contributed by atoms with Gasteiger partial charge in [0.2, 0.25) is 23.6 Å². The number of rotatable bonds is 5. The quantitative estimate of drug-likeness (QED) is 0.136. The molecule has 0 saturated heterocycles. The molecule has 0 saturated carbocycles. The van der Waals surface area contributed by atoms with Crippen LogP contribution in [0.5, 0.6) is 5.75 Å². The van der Waals surface area contributed by atoms with Crippen LogP contribution in [0.3, 0.4) is 0 Å². The Labute approximate surface area is 320 Å². The van der Waals surface area contributed by atoms with Crippen molar-refractivity contribution in [3.05, 3.63) is 57.8 Å². The van der Waals surface area contributed by atoms with E-state index < -0.39 is 83.9 Å². The van der Waals surface area contributed by atoms with Gasteiger partial charge in [0, 0.05) is 30.4 Å².